The van der Waals surface area contributed by atoms with Crippen molar-refractivity contribution in [3.8, 4) is 55.6 Å². The zero-order chi connectivity index (χ0) is 56.7. The Hall–Kier alpha value is -8.62. The first-order valence-corrected chi connectivity index (χ1v) is 27.4. The van der Waals surface area contributed by atoms with Crippen LogP contribution in [0.15, 0.2) is 206 Å². The van der Waals surface area contributed by atoms with Crippen molar-refractivity contribution in [3.05, 3.63) is 262 Å². The minimum absolute atomic E-state index is 0.297. The van der Waals surface area contributed by atoms with Crippen LogP contribution in [0.5, 0.6) is 0 Å². The summed E-state index contributed by atoms with van der Waals surface area (Å²) in [6, 6.07) is 67.1. The molecule has 3 aliphatic rings. The Bertz CT molecular complexity index is 3890. The fourth-order valence-corrected chi connectivity index (χ4v) is 13.1. The summed E-state index contributed by atoms with van der Waals surface area (Å²) in [5.74, 6) is 0. The smallest absolute Gasteiger partial charge is 0.310 e. The summed E-state index contributed by atoms with van der Waals surface area (Å²) in [6.07, 6.45) is -8.87. The number of halogens is 6. The second-order valence-corrected chi connectivity index (χ2v) is 23.8. The van der Waals surface area contributed by atoms with Gasteiger partial charge in [-0.1, -0.05) is 138 Å². The number of rotatable bonds is 8. The van der Waals surface area contributed by atoms with E-state index in [2.05, 4.69) is 151 Å². The van der Waals surface area contributed by atoms with Gasteiger partial charge in [0.15, 0.2) is 0 Å². The SMILES string of the molecule is Cc1ccc(N(c2ccc(C(F)(F)F)cc2)c2ccc3c(c2)C(C)(C)c2cc(-c4ccc5c(c4)C(C)(C)c4cc(-c6ccc7c(c6)C(C)(C)c6cc(N(c8ccc(C)cc8)c8ccc(C(F)(F)F)cc8)ccc6-7)ccc4-5)ccc2-3)cc1. The number of fused-ring (bicyclic) bond motifs is 9. The van der Waals surface area contributed by atoms with Crippen LogP contribution in [0.4, 0.5) is 60.5 Å². The van der Waals surface area contributed by atoms with E-state index in [1.54, 1.807) is 24.3 Å². The highest BCUT2D eigenvalue weighted by atomic mass is 19.4. The van der Waals surface area contributed by atoms with E-state index in [0.717, 1.165) is 103 Å². The molecule has 0 saturated carbocycles. The molecule has 0 aromatic heterocycles. The molecule has 10 aromatic rings. The van der Waals surface area contributed by atoms with Gasteiger partial charge in [-0.2, -0.15) is 26.3 Å². The van der Waals surface area contributed by atoms with Crippen LogP contribution in [-0.2, 0) is 28.6 Å². The van der Waals surface area contributed by atoms with Gasteiger partial charge in [0.2, 0.25) is 0 Å². The lowest BCUT2D eigenvalue weighted by Gasteiger charge is -2.28. The molecule has 402 valence electrons. The number of nitrogens with zero attached hydrogens (tertiary/aromatic N) is 2. The minimum Gasteiger partial charge on any atom is -0.310 e. The maximum atomic E-state index is 13.7. The van der Waals surface area contributed by atoms with Crippen LogP contribution < -0.4 is 9.80 Å². The highest BCUT2D eigenvalue weighted by Gasteiger charge is 2.40. The Kier molecular flexibility index (Phi) is 11.6. The molecular formula is C73H58F6N2. The van der Waals surface area contributed by atoms with Gasteiger partial charge in [-0.25, -0.2) is 0 Å². The number of hydrogen-bond donors (Lipinski definition) is 0. The number of benzene rings is 10. The normalized spacial score (nSPS) is 14.8. The van der Waals surface area contributed by atoms with Gasteiger partial charge in [-0.05, 0) is 224 Å². The van der Waals surface area contributed by atoms with E-state index in [0.29, 0.717) is 11.4 Å². The standard InChI is InChI=1S/C73H58F6N2/c1-43-9-21-51(22-10-43)80(53-25-17-49(18-26-53)72(74,75)76)55-29-35-61-59-33-15-47(39-65(59)70(5,6)67(61)41-55)45-13-31-57-58-32-14-46(38-64(58)69(3,4)63(57)37-45)48-16-34-60-62-36-30-56(42-68(62)71(7,8)66(60)40-48)81(52-23-11-44(2)12-24-52)54-27-19-50(20-28-54)73(77,78)79/h9-42H,1-8H3. The van der Waals surface area contributed by atoms with Crippen molar-refractivity contribution in [2.45, 2.75) is 84.0 Å². The number of hydrogen-bond acceptors (Lipinski definition) is 2. The lowest BCUT2D eigenvalue weighted by Crippen LogP contribution is -2.17. The van der Waals surface area contributed by atoms with E-state index < -0.39 is 23.5 Å². The highest BCUT2D eigenvalue weighted by Crippen LogP contribution is 2.56. The fourth-order valence-electron chi connectivity index (χ4n) is 13.1. The average Bonchev–Trinajstić information content (AvgIpc) is 4.00. The molecule has 8 heteroatoms. The molecule has 0 bridgehead atoms. The van der Waals surface area contributed by atoms with E-state index >= 15 is 0 Å². The number of aryl methyl sites for hydroxylation is 2. The third kappa shape index (κ3) is 8.47. The highest BCUT2D eigenvalue weighted by molar-refractivity contribution is 5.91. The Balaban J connectivity index is 0.787. The van der Waals surface area contributed by atoms with Crippen molar-refractivity contribution >= 4 is 34.1 Å². The topological polar surface area (TPSA) is 6.48 Å². The third-order valence-corrected chi connectivity index (χ3v) is 17.7. The zero-order valence-electron chi connectivity index (χ0n) is 46.3. The summed E-state index contributed by atoms with van der Waals surface area (Å²) in [7, 11) is 0. The molecule has 0 aliphatic heterocycles. The van der Waals surface area contributed by atoms with Crippen molar-refractivity contribution in [3.63, 3.8) is 0 Å². The van der Waals surface area contributed by atoms with Crippen LogP contribution in [-0.4, -0.2) is 0 Å². The van der Waals surface area contributed by atoms with Crippen LogP contribution >= 0.6 is 0 Å². The van der Waals surface area contributed by atoms with Crippen LogP contribution in [0.1, 0.15) is 97.2 Å². The molecule has 0 atom stereocenters. The van der Waals surface area contributed by atoms with Gasteiger partial charge in [-0.3, -0.25) is 0 Å². The summed E-state index contributed by atoms with van der Waals surface area (Å²) in [4.78, 5) is 4.05. The minimum atomic E-state index is -4.43. The Labute approximate surface area is 469 Å². The van der Waals surface area contributed by atoms with Gasteiger partial charge in [0, 0.05) is 50.4 Å². The molecule has 13 rings (SSSR count). The zero-order valence-corrected chi connectivity index (χ0v) is 46.3. The largest absolute Gasteiger partial charge is 0.416 e. The van der Waals surface area contributed by atoms with Crippen LogP contribution in [0, 0.1) is 13.8 Å². The van der Waals surface area contributed by atoms with Gasteiger partial charge in [0.25, 0.3) is 0 Å². The molecule has 0 radical (unpaired) electrons. The van der Waals surface area contributed by atoms with E-state index in [1.807, 2.05) is 72.2 Å². The molecule has 0 amide bonds. The summed E-state index contributed by atoms with van der Waals surface area (Å²) < 4.78 is 82.1. The molecule has 10 aromatic carbocycles. The molecule has 0 spiro atoms. The molecule has 81 heavy (non-hydrogen) atoms. The third-order valence-electron chi connectivity index (χ3n) is 17.7. The molecule has 0 heterocycles. The predicted octanol–water partition coefficient (Wildman–Crippen LogP) is 21.5. The summed E-state index contributed by atoms with van der Waals surface area (Å²) in [6.45, 7) is 17.7. The molecule has 0 N–H and O–H groups in total. The summed E-state index contributed by atoms with van der Waals surface area (Å²) in [5.41, 5.74) is 23.5. The monoisotopic (exact) mass is 1080 g/mol. The van der Waals surface area contributed by atoms with Gasteiger partial charge < -0.3 is 9.80 Å². The van der Waals surface area contributed by atoms with Crippen molar-refractivity contribution in [1.29, 1.82) is 0 Å². The Morgan fingerprint density at radius 1 is 0.259 bits per heavy atom. The lowest BCUT2D eigenvalue weighted by atomic mass is 9.79. The number of anilines is 6. The lowest BCUT2D eigenvalue weighted by molar-refractivity contribution is -0.138. The van der Waals surface area contributed by atoms with E-state index in [9.17, 15) is 26.3 Å². The molecular weight excluding hydrogens is 1020 g/mol. The first-order chi connectivity index (χ1) is 38.5. The molecule has 0 unspecified atom stereocenters. The quantitative estimate of drug-likeness (QED) is 0.140. The van der Waals surface area contributed by atoms with Gasteiger partial charge in [0.1, 0.15) is 0 Å². The van der Waals surface area contributed by atoms with Gasteiger partial charge in [0.05, 0.1) is 11.1 Å². The van der Waals surface area contributed by atoms with E-state index in [-0.39, 0.29) is 16.2 Å². The second-order valence-electron chi connectivity index (χ2n) is 23.8. The molecule has 2 nitrogen and oxygen atoms in total. The maximum absolute atomic E-state index is 13.7. The van der Waals surface area contributed by atoms with Gasteiger partial charge >= 0.3 is 12.4 Å². The van der Waals surface area contributed by atoms with E-state index in [1.165, 1.54) is 44.5 Å². The van der Waals surface area contributed by atoms with E-state index in [4.69, 9.17) is 0 Å². The van der Waals surface area contributed by atoms with Crippen molar-refractivity contribution in [1.82, 2.24) is 0 Å². The van der Waals surface area contributed by atoms with Crippen LogP contribution in [0.3, 0.4) is 0 Å². The van der Waals surface area contributed by atoms with Crippen molar-refractivity contribution in [2.24, 2.45) is 0 Å². The van der Waals surface area contributed by atoms with Crippen LogP contribution in [0.2, 0.25) is 0 Å². The predicted molar refractivity (Wildman–Crippen MR) is 319 cm³/mol. The fraction of sp³-hybridized carbons (Fsp3) is 0.178. The maximum Gasteiger partial charge on any atom is 0.416 e. The number of alkyl halides is 6. The molecule has 0 saturated heterocycles. The first kappa shape index (κ1) is 51.8. The Morgan fingerprint density at radius 2 is 0.469 bits per heavy atom. The molecule has 0 fully saturated rings. The second kappa shape index (κ2) is 18.2. The average molecular weight is 1080 g/mol. The van der Waals surface area contributed by atoms with Crippen molar-refractivity contribution < 1.29 is 26.3 Å². The van der Waals surface area contributed by atoms with Crippen molar-refractivity contribution in [2.75, 3.05) is 9.80 Å². The summed E-state index contributed by atoms with van der Waals surface area (Å²) in [5, 5.41) is 0. The Morgan fingerprint density at radius 3 is 0.716 bits per heavy atom. The van der Waals surface area contributed by atoms with Gasteiger partial charge in [-0.15, -0.1) is 0 Å². The first-order valence-electron chi connectivity index (χ1n) is 27.4. The summed E-state index contributed by atoms with van der Waals surface area (Å²) >= 11 is 0. The molecule has 3 aliphatic carbocycles. The van der Waals surface area contributed by atoms with Crippen LogP contribution in [0.25, 0.3) is 55.6 Å².